The van der Waals surface area contributed by atoms with Crippen LogP contribution in [-0.4, -0.2) is 29.4 Å². The Hall–Kier alpha value is -1.55. The Morgan fingerprint density at radius 2 is 2.16 bits per heavy atom. The van der Waals surface area contributed by atoms with E-state index in [-0.39, 0.29) is 17.4 Å². The van der Waals surface area contributed by atoms with Crippen LogP contribution in [0.1, 0.15) is 27.9 Å². The van der Waals surface area contributed by atoms with Gasteiger partial charge in [-0.1, -0.05) is 6.07 Å². The van der Waals surface area contributed by atoms with E-state index in [0.717, 1.165) is 11.1 Å². The number of halogens is 1. The first-order valence-corrected chi connectivity index (χ1v) is 6.68. The minimum atomic E-state index is -1.01. The molecule has 102 valence electrons. The van der Waals surface area contributed by atoms with Crippen molar-refractivity contribution in [1.82, 2.24) is 0 Å². The van der Waals surface area contributed by atoms with Crippen LogP contribution < -0.4 is 4.90 Å². The topological polar surface area (TPSA) is 57.6 Å². The van der Waals surface area contributed by atoms with Gasteiger partial charge in [0, 0.05) is 18.8 Å². The number of aryl methyl sites for hydroxylation is 2. The number of amides is 1. The largest absolute Gasteiger partial charge is 0.478 e. The summed E-state index contributed by atoms with van der Waals surface area (Å²) in [7, 11) is 0. The lowest BCUT2D eigenvalue weighted by atomic mass is 10.0. The van der Waals surface area contributed by atoms with Crippen molar-refractivity contribution in [2.24, 2.45) is 5.92 Å². The molecule has 1 aromatic rings. The number of carbonyl (C=O) groups is 2. The summed E-state index contributed by atoms with van der Waals surface area (Å²) in [5.74, 6) is -0.559. The molecule has 1 aromatic carbocycles. The van der Waals surface area contributed by atoms with Crippen molar-refractivity contribution in [2.45, 2.75) is 20.3 Å². The Morgan fingerprint density at radius 1 is 1.47 bits per heavy atom. The highest BCUT2D eigenvalue weighted by Crippen LogP contribution is 2.32. The van der Waals surface area contributed by atoms with E-state index in [9.17, 15) is 14.7 Å². The molecular weight excluding hydrogens is 266 g/mol. The Labute approximate surface area is 117 Å². The Morgan fingerprint density at radius 3 is 2.68 bits per heavy atom. The number of anilines is 1. The molecular formula is C14H16ClNO3. The third-order valence-corrected chi connectivity index (χ3v) is 3.80. The van der Waals surface area contributed by atoms with E-state index in [1.807, 2.05) is 19.9 Å². The number of aromatic carboxylic acids is 1. The zero-order valence-electron chi connectivity index (χ0n) is 10.9. The van der Waals surface area contributed by atoms with Crippen LogP contribution in [0.4, 0.5) is 5.69 Å². The molecule has 1 saturated heterocycles. The number of hydrogen-bond acceptors (Lipinski definition) is 2. The summed E-state index contributed by atoms with van der Waals surface area (Å²) in [5.41, 5.74) is 2.37. The summed E-state index contributed by atoms with van der Waals surface area (Å²) in [6.45, 7) is 4.17. The predicted molar refractivity (Wildman–Crippen MR) is 74.1 cm³/mol. The van der Waals surface area contributed by atoms with Crippen molar-refractivity contribution in [3.8, 4) is 0 Å². The monoisotopic (exact) mass is 281 g/mol. The molecule has 1 amide bonds. The lowest BCUT2D eigenvalue weighted by Crippen LogP contribution is -2.27. The number of rotatable bonds is 3. The first-order valence-electron chi connectivity index (χ1n) is 6.15. The van der Waals surface area contributed by atoms with Crippen LogP contribution in [-0.2, 0) is 4.79 Å². The molecule has 0 saturated carbocycles. The number of nitrogens with zero attached hydrogens (tertiary/aromatic N) is 1. The predicted octanol–water partition coefficient (Wildman–Crippen LogP) is 2.59. The molecule has 1 atom stereocenters. The highest BCUT2D eigenvalue weighted by atomic mass is 35.5. The van der Waals surface area contributed by atoms with Crippen molar-refractivity contribution in [1.29, 1.82) is 0 Å². The molecule has 19 heavy (non-hydrogen) atoms. The van der Waals surface area contributed by atoms with Gasteiger partial charge in [0.15, 0.2) is 0 Å². The van der Waals surface area contributed by atoms with Crippen LogP contribution >= 0.6 is 11.6 Å². The SMILES string of the molecule is Cc1cc(C)c(N2CC(CCl)CC2=O)c(C(=O)O)c1. The second-order valence-electron chi connectivity index (χ2n) is 5.01. The number of carboxylic acid groups (broad SMARTS) is 1. The first-order chi connectivity index (χ1) is 8.93. The average molecular weight is 282 g/mol. The zero-order valence-corrected chi connectivity index (χ0v) is 11.7. The Kier molecular flexibility index (Phi) is 3.80. The standard InChI is InChI=1S/C14H16ClNO3/c1-8-3-9(2)13(11(4-8)14(18)19)16-7-10(6-15)5-12(16)17/h3-4,10H,5-7H2,1-2H3,(H,18,19). The van der Waals surface area contributed by atoms with Crippen LogP contribution in [0.3, 0.4) is 0 Å². The molecule has 0 aliphatic carbocycles. The van der Waals surface area contributed by atoms with E-state index >= 15 is 0 Å². The Bertz CT molecular complexity index is 542. The van der Waals surface area contributed by atoms with Crippen molar-refractivity contribution in [3.63, 3.8) is 0 Å². The molecule has 0 bridgehead atoms. The van der Waals surface area contributed by atoms with Gasteiger partial charge in [0.2, 0.25) is 5.91 Å². The molecule has 1 N–H and O–H groups in total. The van der Waals surface area contributed by atoms with Crippen LogP contribution in [0, 0.1) is 19.8 Å². The van der Waals surface area contributed by atoms with Gasteiger partial charge in [0.25, 0.3) is 0 Å². The zero-order chi connectivity index (χ0) is 14.2. The van der Waals surface area contributed by atoms with Crippen LogP contribution in [0.15, 0.2) is 12.1 Å². The van der Waals surface area contributed by atoms with Gasteiger partial charge in [-0.3, -0.25) is 4.79 Å². The fraction of sp³-hybridized carbons (Fsp3) is 0.429. The minimum Gasteiger partial charge on any atom is -0.478 e. The summed E-state index contributed by atoms with van der Waals surface area (Å²) in [4.78, 5) is 25.0. The molecule has 1 aliphatic rings. The van der Waals surface area contributed by atoms with Gasteiger partial charge in [-0.25, -0.2) is 4.79 Å². The molecule has 0 spiro atoms. The molecule has 5 heteroatoms. The maximum atomic E-state index is 12.0. The summed E-state index contributed by atoms with van der Waals surface area (Å²) in [5, 5.41) is 9.32. The number of carbonyl (C=O) groups excluding carboxylic acids is 1. The molecule has 4 nitrogen and oxygen atoms in total. The van der Waals surface area contributed by atoms with E-state index < -0.39 is 5.97 Å². The van der Waals surface area contributed by atoms with E-state index in [2.05, 4.69) is 0 Å². The summed E-state index contributed by atoms with van der Waals surface area (Å²) in [6, 6.07) is 3.50. The fourth-order valence-corrected chi connectivity index (χ4v) is 2.79. The lowest BCUT2D eigenvalue weighted by Gasteiger charge is -2.21. The van der Waals surface area contributed by atoms with Gasteiger partial charge in [0.05, 0.1) is 11.3 Å². The van der Waals surface area contributed by atoms with Crippen molar-refractivity contribution in [2.75, 3.05) is 17.3 Å². The molecule has 1 unspecified atom stereocenters. The van der Waals surface area contributed by atoms with Crippen LogP contribution in [0.25, 0.3) is 0 Å². The summed E-state index contributed by atoms with van der Waals surface area (Å²) < 4.78 is 0. The highest BCUT2D eigenvalue weighted by molar-refractivity contribution is 6.18. The van der Waals surface area contributed by atoms with Gasteiger partial charge in [-0.2, -0.15) is 0 Å². The van der Waals surface area contributed by atoms with Gasteiger partial charge >= 0.3 is 5.97 Å². The van der Waals surface area contributed by atoms with Gasteiger partial charge in [0.1, 0.15) is 0 Å². The third kappa shape index (κ3) is 2.59. The normalized spacial score (nSPS) is 19.0. The van der Waals surface area contributed by atoms with Gasteiger partial charge < -0.3 is 10.0 Å². The second kappa shape index (κ2) is 5.21. The van der Waals surface area contributed by atoms with Gasteiger partial charge in [-0.15, -0.1) is 11.6 Å². The molecule has 0 aromatic heterocycles. The second-order valence-corrected chi connectivity index (χ2v) is 5.32. The highest BCUT2D eigenvalue weighted by Gasteiger charge is 2.33. The summed E-state index contributed by atoms with van der Waals surface area (Å²) in [6.07, 6.45) is 0.385. The van der Waals surface area contributed by atoms with Crippen LogP contribution in [0.5, 0.6) is 0 Å². The number of benzene rings is 1. The Balaban J connectivity index is 2.50. The maximum absolute atomic E-state index is 12.0. The fourth-order valence-electron chi connectivity index (χ4n) is 2.58. The number of hydrogen-bond donors (Lipinski definition) is 1. The lowest BCUT2D eigenvalue weighted by molar-refractivity contribution is -0.117. The quantitative estimate of drug-likeness (QED) is 0.867. The molecule has 0 radical (unpaired) electrons. The van der Waals surface area contributed by atoms with E-state index in [4.69, 9.17) is 11.6 Å². The molecule has 1 aliphatic heterocycles. The van der Waals surface area contributed by atoms with Crippen molar-refractivity contribution < 1.29 is 14.7 Å². The van der Waals surface area contributed by atoms with Crippen molar-refractivity contribution in [3.05, 3.63) is 28.8 Å². The van der Waals surface area contributed by atoms with E-state index in [1.165, 1.54) is 0 Å². The van der Waals surface area contributed by atoms with E-state index in [0.29, 0.717) is 24.5 Å². The molecule has 2 rings (SSSR count). The van der Waals surface area contributed by atoms with Crippen LogP contribution in [0.2, 0.25) is 0 Å². The number of alkyl halides is 1. The maximum Gasteiger partial charge on any atom is 0.337 e. The smallest absolute Gasteiger partial charge is 0.337 e. The average Bonchev–Trinajstić information content (AvgIpc) is 2.69. The van der Waals surface area contributed by atoms with Gasteiger partial charge in [-0.05, 0) is 37.0 Å². The third-order valence-electron chi connectivity index (χ3n) is 3.37. The molecule has 1 fully saturated rings. The number of carboxylic acids is 1. The van der Waals surface area contributed by atoms with Crippen molar-refractivity contribution >= 4 is 29.2 Å². The first kappa shape index (κ1) is 13.9. The molecule has 1 heterocycles. The summed E-state index contributed by atoms with van der Waals surface area (Å²) >= 11 is 5.80. The minimum absolute atomic E-state index is 0.0555. The van der Waals surface area contributed by atoms with E-state index in [1.54, 1.807) is 11.0 Å².